The Hall–Kier alpha value is -0.810. The summed E-state index contributed by atoms with van der Waals surface area (Å²) in [6.07, 6.45) is 4.48. The summed E-state index contributed by atoms with van der Waals surface area (Å²) in [5, 5.41) is 3.02. The summed E-state index contributed by atoms with van der Waals surface area (Å²) in [5.74, 6) is 0. The van der Waals surface area contributed by atoms with Gasteiger partial charge in [0.15, 0.2) is 0 Å². The molecular weight excluding hydrogens is 244 g/mol. The van der Waals surface area contributed by atoms with Crippen molar-refractivity contribution in [2.45, 2.75) is 69.6 Å². The molecule has 1 heterocycles. The van der Waals surface area contributed by atoms with Gasteiger partial charge < -0.3 is 20.5 Å². The van der Waals surface area contributed by atoms with Crippen molar-refractivity contribution in [1.29, 1.82) is 0 Å². The SMILES string of the molecule is CC(C)(C)OC(=O)NC1(C2(N)CCCC2)CCOC1. The fraction of sp³-hybridized carbons (Fsp3) is 0.929. The molecule has 1 saturated carbocycles. The van der Waals surface area contributed by atoms with Crippen LogP contribution < -0.4 is 11.1 Å². The molecule has 1 unspecified atom stereocenters. The Morgan fingerprint density at radius 3 is 2.37 bits per heavy atom. The maximum Gasteiger partial charge on any atom is 0.408 e. The number of nitrogens with two attached hydrogens (primary N) is 1. The average Bonchev–Trinajstić information content (AvgIpc) is 2.86. The van der Waals surface area contributed by atoms with Gasteiger partial charge in [-0.1, -0.05) is 12.8 Å². The molecule has 0 radical (unpaired) electrons. The first-order chi connectivity index (χ1) is 8.77. The van der Waals surface area contributed by atoms with Gasteiger partial charge >= 0.3 is 6.09 Å². The second kappa shape index (κ2) is 4.94. The Bertz CT molecular complexity index is 337. The van der Waals surface area contributed by atoms with Gasteiger partial charge in [-0.25, -0.2) is 4.79 Å². The van der Waals surface area contributed by atoms with E-state index in [9.17, 15) is 4.79 Å². The number of carbonyl (C=O) groups excluding carboxylic acids is 1. The van der Waals surface area contributed by atoms with Crippen LogP contribution in [0.1, 0.15) is 52.9 Å². The third-order valence-electron chi connectivity index (χ3n) is 4.21. The van der Waals surface area contributed by atoms with Crippen LogP contribution in [0.5, 0.6) is 0 Å². The van der Waals surface area contributed by atoms with Gasteiger partial charge in [-0.3, -0.25) is 0 Å². The number of hydrogen-bond donors (Lipinski definition) is 2. The van der Waals surface area contributed by atoms with Crippen molar-refractivity contribution < 1.29 is 14.3 Å². The van der Waals surface area contributed by atoms with Gasteiger partial charge in [0.25, 0.3) is 0 Å². The Kier molecular flexibility index (Phi) is 3.80. The molecule has 1 saturated heterocycles. The number of nitrogens with one attached hydrogen (secondary N) is 1. The number of hydrogen-bond acceptors (Lipinski definition) is 4. The largest absolute Gasteiger partial charge is 0.444 e. The normalized spacial score (nSPS) is 30.3. The summed E-state index contributed by atoms with van der Waals surface area (Å²) in [6.45, 7) is 6.71. The van der Waals surface area contributed by atoms with Crippen LogP contribution in [0.3, 0.4) is 0 Å². The fourth-order valence-electron chi connectivity index (χ4n) is 3.16. The molecule has 0 bridgehead atoms. The molecule has 19 heavy (non-hydrogen) atoms. The topological polar surface area (TPSA) is 73.6 Å². The van der Waals surface area contributed by atoms with E-state index in [-0.39, 0.29) is 5.54 Å². The molecule has 3 N–H and O–H groups in total. The first kappa shape index (κ1) is 14.6. The van der Waals surface area contributed by atoms with Gasteiger partial charge in [0.05, 0.1) is 12.1 Å². The van der Waals surface area contributed by atoms with E-state index in [2.05, 4.69) is 5.32 Å². The van der Waals surface area contributed by atoms with Crippen LogP contribution in [0, 0.1) is 0 Å². The maximum absolute atomic E-state index is 12.1. The molecule has 0 spiro atoms. The van der Waals surface area contributed by atoms with E-state index in [1.54, 1.807) is 0 Å². The maximum atomic E-state index is 12.1. The van der Waals surface area contributed by atoms with Gasteiger partial charge in [-0.15, -0.1) is 0 Å². The Balaban J connectivity index is 2.10. The van der Waals surface area contributed by atoms with Crippen LogP contribution in [-0.2, 0) is 9.47 Å². The monoisotopic (exact) mass is 270 g/mol. The van der Waals surface area contributed by atoms with Gasteiger partial charge in [0, 0.05) is 12.1 Å². The number of amides is 1. The summed E-state index contributed by atoms with van der Waals surface area (Å²) < 4.78 is 10.9. The highest BCUT2D eigenvalue weighted by molar-refractivity contribution is 5.69. The lowest BCUT2D eigenvalue weighted by Gasteiger charge is -2.43. The van der Waals surface area contributed by atoms with Gasteiger partial charge in [-0.05, 0) is 40.0 Å². The third-order valence-corrected chi connectivity index (χ3v) is 4.21. The zero-order chi connectivity index (χ0) is 14.1. The lowest BCUT2D eigenvalue weighted by atomic mass is 9.75. The molecular formula is C14H26N2O3. The molecule has 110 valence electrons. The minimum atomic E-state index is -0.498. The lowest BCUT2D eigenvalue weighted by molar-refractivity contribution is 0.0351. The van der Waals surface area contributed by atoms with Crippen LogP contribution in [0.25, 0.3) is 0 Å². The van der Waals surface area contributed by atoms with Crippen molar-refractivity contribution in [1.82, 2.24) is 5.32 Å². The van der Waals surface area contributed by atoms with E-state index in [1.165, 1.54) is 0 Å². The molecule has 5 heteroatoms. The first-order valence-corrected chi connectivity index (χ1v) is 7.14. The third kappa shape index (κ3) is 3.03. The summed E-state index contributed by atoms with van der Waals surface area (Å²) in [5.41, 5.74) is 5.24. The summed E-state index contributed by atoms with van der Waals surface area (Å²) in [4.78, 5) is 12.1. The Morgan fingerprint density at radius 1 is 1.26 bits per heavy atom. The Morgan fingerprint density at radius 2 is 1.89 bits per heavy atom. The first-order valence-electron chi connectivity index (χ1n) is 7.14. The molecule has 1 aliphatic heterocycles. The molecule has 2 rings (SSSR count). The average molecular weight is 270 g/mol. The van der Waals surface area contributed by atoms with E-state index < -0.39 is 17.2 Å². The number of ether oxygens (including phenoxy) is 2. The second-order valence-corrected chi connectivity index (χ2v) is 6.87. The molecule has 0 aromatic carbocycles. The van der Waals surface area contributed by atoms with E-state index in [0.29, 0.717) is 13.2 Å². The highest BCUT2D eigenvalue weighted by atomic mass is 16.6. The number of alkyl carbamates (subject to hydrolysis) is 1. The zero-order valence-corrected chi connectivity index (χ0v) is 12.3. The molecule has 1 aliphatic carbocycles. The molecule has 5 nitrogen and oxygen atoms in total. The molecule has 2 aliphatic rings. The molecule has 0 aromatic rings. The van der Waals surface area contributed by atoms with Gasteiger partial charge in [0.1, 0.15) is 5.60 Å². The number of rotatable bonds is 2. The van der Waals surface area contributed by atoms with Gasteiger partial charge in [0.2, 0.25) is 0 Å². The highest BCUT2D eigenvalue weighted by Crippen LogP contribution is 2.40. The van der Waals surface area contributed by atoms with Gasteiger partial charge in [-0.2, -0.15) is 0 Å². The van der Waals surface area contributed by atoms with Crippen molar-refractivity contribution in [3.8, 4) is 0 Å². The number of carbonyl (C=O) groups is 1. The minimum Gasteiger partial charge on any atom is -0.444 e. The van der Waals surface area contributed by atoms with E-state index in [1.807, 2.05) is 20.8 Å². The molecule has 1 amide bonds. The molecule has 2 fully saturated rings. The minimum absolute atomic E-state index is 0.361. The van der Waals surface area contributed by atoms with Crippen LogP contribution in [0.15, 0.2) is 0 Å². The summed E-state index contributed by atoms with van der Waals surface area (Å²) >= 11 is 0. The van der Waals surface area contributed by atoms with Crippen molar-refractivity contribution in [3.63, 3.8) is 0 Å². The smallest absolute Gasteiger partial charge is 0.408 e. The molecule has 1 atom stereocenters. The van der Waals surface area contributed by atoms with Crippen molar-refractivity contribution in [2.75, 3.05) is 13.2 Å². The van der Waals surface area contributed by atoms with Crippen LogP contribution in [0.4, 0.5) is 4.79 Å². The predicted octanol–water partition coefficient (Wildman–Crippen LogP) is 1.94. The van der Waals surface area contributed by atoms with E-state index in [0.717, 1.165) is 32.1 Å². The van der Waals surface area contributed by atoms with Crippen LogP contribution in [0.2, 0.25) is 0 Å². The van der Waals surface area contributed by atoms with Crippen molar-refractivity contribution in [2.24, 2.45) is 5.73 Å². The van der Waals surface area contributed by atoms with E-state index >= 15 is 0 Å². The molecule has 0 aromatic heterocycles. The van der Waals surface area contributed by atoms with E-state index in [4.69, 9.17) is 15.2 Å². The van der Waals surface area contributed by atoms with Crippen LogP contribution >= 0.6 is 0 Å². The summed E-state index contributed by atoms with van der Waals surface area (Å²) in [7, 11) is 0. The Labute approximate surface area is 115 Å². The fourth-order valence-corrected chi connectivity index (χ4v) is 3.16. The lowest BCUT2D eigenvalue weighted by Crippen LogP contribution is -2.68. The standard InChI is InChI=1S/C14H26N2O3/c1-12(2,3)19-11(17)16-14(8-9-18-10-14)13(15)6-4-5-7-13/h4-10,15H2,1-3H3,(H,16,17). The van der Waals surface area contributed by atoms with Crippen molar-refractivity contribution in [3.05, 3.63) is 0 Å². The highest BCUT2D eigenvalue weighted by Gasteiger charge is 2.53. The predicted molar refractivity (Wildman–Crippen MR) is 72.9 cm³/mol. The zero-order valence-electron chi connectivity index (χ0n) is 12.3. The van der Waals surface area contributed by atoms with Crippen LogP contribution in [-0.4, -0.2) is 36.0 Å². The second-order valence-electron chi connectivity index (χ2n) is 6.87. The quantitative estimate of drug-likeness (QED) is 0.804. The summed E-state index contributed by atoms with van der Waals surface area (Å²) in [6, 6.07) is 0. The van der Waals surface area contributed by atoms with Crippen molar-refractivity contribution >= 4 is 6.09 Å².